The third kappa shape index (κ3) is 2.73. The predicted octanol–water partition coefficient (Wildman–Crippen LogP) is 6.58. The second kappa shape index (κ2) is 6.94. The van der Waals surface area contributed by atoms with Gasteiger partial charge in [0.25, 0.3) is 11.8 Å². The van der Waals surface area contributed by atoms with Crippen LogP contribution in [0.2, 0.25) is 0 Å². The van der Waals surface area contributed by atoms with Crippen molar-refractivity contribution in [2.75, 3.05) is 12.0 Å². The molecule has 0 spiro atoms. The molecule has 5 heteroatoms. The van der Waals surface area contributed by atoms with E-state index >= 15 is 0 Å². The summed E-state index contributed by atoms with van der Waals surface area (Å²) < 4.78 is 5.34. The van der Waals surface area contributed by atoms with E-state index in [0.29, 0.717) is 28.1 Å². The number of imide groups is 1. The van der Waals surface area contributed by atoms with E-state index in [1.165, 1.54) is 4.90 Å². The lowest BCUT2D eigenvalue weighted by Gasteiger charge is -2.20. The van der Waals surface area contributed by atoms with Gasteiger partial charge in [-0.05, 0) is 46.0 Å². The number of hydrogen-bond acceptors (Lipinski definition) is 3. The highest BCUT2D eigenvalue weighted by Crippen LogP contribution is 2.43. The number of ether oxygens (including phenoxy) is 1. The van der Waals surface area contributed by atoms with Gasteiger partial charge < -0.3 is 9.72 Å². The fourth-order valence-corrected chi connectivity index (χ4v) is 5.04. The number of aromatic nitrogens is 1. The highest BCUT2D eigenvalue weighted by Gasteiger charge is 2.41. The van der Waals surface area contributed by atoms with E-state index < -0.39 is 0 Å². The monoisotopic (exact) mass is 448 g/mol. The number of nitrogens with zero attached hydrogens (tertiary/aromatic N) is 1. The number of para-hydroxylation sites is 1. The van der Waals surface area contributed by atoms with Crippen molar-refractivity contribution in [3.05, 3.63) is 83.4 Å². The summed E-state index contributed by atoms with van der Waals surface area (Å²) in [6.07, 6.45) is 0. The molecule has 2 amide bonds. The first kappa shape index (κ1) is 20.5. The lowest BCUT2D eigenvalue weighted by Crippen LogP contribution is -2.29. The standard InChI is InChI=1S/C29H24N2O3/c1-29(2,3)16-12-13-19-21(14-16)24-25(26-23(19)20-10-5-6-11-22(20)30-26)28(33)31(27(24)32)17-8-7-9-18(15-17)34-4/h5-15,30H,1-4H3. The maximum atomic E-state index is 13.9. The number of fused-ring (bicyclic) bond motifs is 8. The summed E-state index contributed by atoms with van der Waals surface area (Å²) in [7, 11) is 1.57. The average Bonchev–Trinajstić information content (AvgIpc) is 3.33. The van der Waals surface area contributed by atoms with Gasteiger partial charge in [0.1, 0.15) is 5.75 Å². The summed E-state index contributed by atoms with van der Waals surface area (Å²) in [6, 6.07) is 21.4. The first-order chi connectivity index (χ1) is 16.3. The lowest BCUT2D eigenvalue weighted by atomic mass is 9.84. The summed E-state index contributed by atoms with van der Waals surface area (Å²) >= 11 is 0. The molecule has 0 fully saturated rings. The minimum Gasteiger partial charge on any atom is -0.497 e. The largest absolute Gasteiger partial charge is 0.497 e. The molecule has 0 saturated heterocycles. The molecule has 0 bridgehead atoms. The van der Waals surface area contributed by atoms with Gasteiger partial charge in [0.2, 0.25) is 0 Å². The molecule has 1 aliphatic rings. The number of amides is 2. The van der Waals surface area contributed by atoms with Gasteiger partial charge in [-0.2, -0.15) is 0 Å². The Hall–Kier alpha value is -4.12. The molecule has 5 aromatic rings. The Balaban J connectivity index is 1.74. The number of nitrogens with one attached hydrogen (secondary N) is 1. The molecule has 0 unspecified atom stereocenters. The first-order valence-electron chi connectivity index (χ1n) is 11.3. The van der Waals surface area contributed by atoms with Crippen LogP contribution in [0, 0.1) is 0 Å². The number of anilines is 1. The van der Waals surface area contributed by atoms with Gasteiger partial charge in [-0.3, -0.25) is 9.59 Å². The Kier molecular flexibility index (Phi) is 4.18. The summed E-state index contributed by atoms with van der Waals surface area (Å²) in [5.41, 5.74) is 4.03. The van der Waals surface area contributed by atoms with Crippen molar-refractivity contribution in [3.8, 4) is 5.75 Å². The molecule has 5 nitrogen and oxygen atoms in total. The topological polar surface area (TPSA) is 62.4 Å². The summed E-state index contributed by atoms with van der Waals surface area (Å²) in [5, 5.41) is 3.78. The highest BCUT2D eigenvalue weighted by atomic mass is 16.5. The zero-order chi connectivity index (χ0) is 23.8. The van der Waals surface area contributed by atoms with Crippen LogP contribution in [0.25, 0.3) is 32.6 Å². The lowest BCUT2D eigenvalue weighted by molar-refractivity contribution is 0.0927. The second-order valence-electron chi connectivity index (χ2n) is 9.83. The van der Waals surface area contributed by atoms with E-state index in [2.05, 4.69) is 50.0 Å². The van der Waals surface area contributed by atoms with Crippen LogP contribution in [0.15, 0.2) is 66.7 Å². The van der Waals surface area contributed by atoms with Crippen molar-refractivity contribution >= 4 is 50.1 Å². The van der Waals surface area contributed by atoms with Crippen LogP contribution in [-0.2, 0) is 5.41 Å². The number of methoxy groups -OCH3 is 1. The van der Waals surface area contributed by atoms with Gasteiger partial charge in [-0.15, -0.1) is 0 Å². The van der Waals surface area contributed by atoms with Gasteiger partial charge in [-0.1, -0.05) is 57.2 Å². The molecule has 34 heavy (non-hydrogen) atoms. The van der Waals surface area contributed by atoms with Gasteiger partial charge in [0, 0.05) is 22.4 Å². The third-order valence-electron chi connectivity index (χ3n) is 6.78. The van der Waals surface area contributed by atoms with Crippen LogP contribution >= 0.6 is 0 Å². The SMILES string of the molecule is COc1cccc(N2C(=O)c3c(c4[nH]c5ccccc5c4c4ccc(C(C)(C)C)cc34)C2=O)c1. The van der Waals surface area contributed by atoms with Crippen molar-refractivity contribution < 1.29 is 14.3 Å². The number of rotatable bonds is 2. The number of H-pyrrole nitrogens is 1. The van der Waals surface area contributed by atoms with E-state index in [1.807, 2.05) is 18.2 Å². The molecule has 1 aliphatic heterocycles. The number of carbonyl (C=O) groups is 2. The number of aromatic amines is 1. The molecular weight excluding hydrogens is 424 g/mol. The third-order valence-corrected chi connectivity index (χ3v) is 6.78. The van der Waals surface area contributed by atoms with Crippen molar-refractivity contribution in [1.29, 1.82) is 0 Å². The van der Waals surface area contributed by atoms with E-state index in [9.17, 15) is 9.59 Å². The molecule has 0 aliphatic carbocycles. The van der Waals surface area contributed by atoms with Crippen LogP contribution in [0.4, 0.5) is 5.69 Å². The molecule has 168 valence electrons. The molecule has 6 rings (SSSR count). The van der Waals surface area contributed by atoms with Crippen molar-refractivity contribution in [2.45, 2.75) is 26.2 Å². The Bertz CT molecular complexity index is 1670. The number of carbonyl (C=O) groups excluding carboxylic acids is 2. The van der Waals surface area contributed by atoms with E-state index in [-0.39, 0.29) is 17.2 Å². The van der Waals surface area contributed by atoms with E-state index in [1.54, 1.807) is 31.4 Å². The fourth-order valence-electron chi connectivity index (χ4n) is 5.04. The van der Waals surface area contributed by atoms with Crippen molar-refractivity contribution in [1.82, 2.24) is 4.98 Å². The van der Waals surface area contributed by atoms with Gasteiger partial charge in [-0.25, -0.2) is 4.90 Å². The van der Waals surface area contributed by atoms with Gasteiger partial charge in [0.05, 0.1) is 29.4 Å². The van der Waals surface area contributed by atoms with Crippen LogP contribution < -0.4 is 9.64 Å². The molecule has 1 aromatic heterocycles. The molecule has 0 atom stereocenters. The van der Waals surface area contributed by atoms with Crippen molar-refractivity contribution in [3.63, 3.8) is 0 Å². The average molecular weight is 449 g/mol. The maximum Gasteiger partial charge on any atom is 0.268 e. The zero-order valence-corrected chi connectivity index (χ0v) is 19.5. The Morgan fingerprint density at radius 2 is 1.56 bits per heavy atom. The fraction of sp³-hybridized carbons (Fsp3) is 0.172. The van der Waals surface area contributed by atoms with Crippen LogP contribution in [0.3, 0.4) is 0 Å². The Labute approximate surface area is 196 Å². The zero-order valence-electron chi connectivity index (χ0n) is 19.5. The Morgan fingerprint density at radius 3 is 2.32 bits per heavy atom. The summed E-state index contributed by atoms with van der Waals surface area (Å²) in [5.74, 6) is -0.0533. The van der Waals surface area contributed by atoms with E-state index in [0.717, 1.165) is 32.6 Å². The van der Waals surface area contributed by atoms with Crippen molar-refractivity contribution in [2.24, 2.45) is 0 Å². The number of hydrogen-bond donors (Lipinski definition) is 1. The molecule has 0 saturated carbocycles. The normalized spacial score (nSPS) is 13.9. The van der Waals surface area contributed by atoms with Crippen LogP contribution in [0.5, 0.6) is 5.75 Å². The Morgan fingerprint density at radius 1 is 0.794 bits per heavy atom. The second-order valence-corrected chi connectivity index (χ2v) is 9.83. The molecule has 0 radical (unpaired) electrons. The van der Waals surface area contributed by atoms with Crippen LogP contribution in [-0.4, -0.2) is 23.9 Å². The molecule has 1 N–H and O–H groups in total. The first-order valence-corrected chi connectivity index (χ1v) is 11.3. The van der Waals surface area contributed by atoms with Crippen LogP contribution in [0.1, 0.15) is 47.1 Å². The van der Waals surface area contributed by atoms with Gasteiger partial charge in [0.15, 0.2) is 0 Å². The molecule has 4 aromatic carbocycles. The quantitative estimate of drug-likeness (QED) is 0.310. The molecular formula is C29H24N2O3. The minimum atomic E-state index is -0.326. The predicted molar refractivity (Wildman–Crippen MR) is 136 cm³/mol. The minimum absolute atomic E-state index is 0.103. The summed E-state index contributed by atoms with van der Waals surface area (Å²) in [6.45, 7) is 6.44. The molecule has 2 heterocycles. The number of benzene rings is 4. The maximum absolute atomic E-state index is 13.9. The smallest absolute Gasteiger partial charge is 0.268 e. The van der Waals surface area contributed by atoms with E-state index in [4.69, 9.17) is 4.74 Å². The highest BCUT2D eigenvalue weighted by molar-refractivity contribution is 6.43. The van der Waals surface area contributed by atoms with Gasteiger partial charge >= 0.3 is 0 Å². The summed E-state index contributed by atoms with van der Waals surface area (Å²) in [4.78, 5) is 32.5.